The molecular weight excluding hydrogens is 178 g/mol. The Balaban J connectivity index is 4.12. The van der Waals surface area contributed by atoms with Crippen molar-refractivity contribution in [1.29, 1.82) is 0 Å². The number of carbonyl (C=O) groups is 1. The minimum Gasteiger partial charge on any atom is -0.350 e. The largest absolute Gasteiger partial charge is 0.350 e. The van der Waals surface area contributed by atoms with E-state index in [4.69, 9.17) is 5.73 Å². The van der Waals surface area contributed by atoms with E-state index in [-0.39, 0.29) is 17.5 Å². The molecule has 0 aliphatic carbocycles. The molecule has 1 unspecified atom stereocenters. The summed E-state index contributed by atoms with van der Waals surface area (Å²) in [7, 11) is 1.90. The Bertz CT molecular complexity index is 186. The number of nitrogens with zero attached hydrogens (tertiary/aromatic N) is 1. The maximum Gasteiger partial charge on any atom is 0.237 e. The maximum absolute atomic E-state index is 11.7. The van der Waals surface area contributed by atoms with Crippen LogP contribution in [0.2, 0.25) is 0 Å². The van der Waals surface area contributed by atoms with Crippen molar-refractivity contribution < 1.29 is 4.79 Å². The Morgan fingerprint density at radius 3 is 2.36 bits per heavy atom. The van der Waals surface area contributed by atoms with E-state index < -0.39 is 0 Å². The number of hydrogen-bond acceptors (Lipinski definition) is 3. The normalized spacial score (nSPS) is 14.2. The van der Waals surface area contributed by atoms with Crippen LogP contribution in [0.3, 0.4) is 0 Å². The lowest BCUT2D eigenvalue weighted by Crippen LogP contribution is -2.50. The summed E-state index contributed by atoms with van der Waals surface area (Å²) in [4.78, 5) is 13.6. The maximum atomic E-state index is 11.7. The lowest BCUT2D eigenvalue weighted by Gasteiger charge is -2.28. The smallest absolute Gasteiger partial charge is 0.237 e. The van der Waals surface area contributed by atoms with Gasteiger partial charge in [-0.15, -0.1) is 0 Å². The van der Waals surface area contributed by atoms with Crippen molar-refractivity contribution in [3.63, 3.8) is 0 Å². The highest BCUT2D eigenvalue weighted by Crippen LogP contribution is 2.02. The quantitative estimate of drug-likeness (QED) is 0.682. The van der Waals surface area contributed by atoms with E-state index in [1.807, 2.05) is 39.6 Å². The molecule has 0 saturated heterocycles. The first-order chi connectivity index (χ1) is 6.28. The summed E-state index contributed by atoms with van der Waals surface area (Å²) in [5.74, 6) is 0.0495. The van der Waals surface area contributed by atoms with Crippen molar-refractivity contribution in [2.45, 2.75) is 39.3 Å². The molecule has 0 aromatic heterocycles. The molecule has 4 nitrogen and oxygen atoms in total. The lowest BCUT2D eigenvalue weighted by molar-refractivity contribution is -0.126. The molecule has 0 spiro atoms. The lowest BCUT2D eigenvalue weighted by atomic mass is 10.1. The Morgan fingerprint density at radius 1 is 1.50 bits per heavy atom. The predicted molar refractivity (Wildman–Crippen MR) is 59.0 cm³/mol. The summed E-state index contributed by atoms with van der Waals surface area (Å²) in [5.41, 5.74) is 5.25. The molecule has 3 N–H and O–H groups in total. The van der Waals surface area contributed by atoms with E-state index in [0.717, 1.165) is 6.54 Å². The van der Waals surface area contributed by atoms with Crippen molar-refractivity contribution in [1.82, 2.24) is 10.2 Å². The third kappa shape index (κ3) is 5.19. The van der Waals surface area contributed by atoms with Crippen LogP contribution < -0.4 is 11.1 Å². The Hall–Kier alpha value is -0.610. The van der Waals surface area contributed by atoms with Gasteiger partial charge in [0.15, 0.2) is 0 Å². The fourth-order valence-electron chi connectivity index (χ4n) is 1.07. The van der Waals surface area contributed by atoms with Crippen LogP contribution in [0.25, 0.3) is 0 Å². The van der Waals surface area contributed by atoms with Gasteiger partial charge in [0.1, 0.15) is 0 Å². The van der Waals surface area contributed by atoms with Gasteiger partial charge >= 0.3 is 0 Å². The van der Waals surface area contributed by atoms with E-state index in [1.165, 1.54) is 0 Å². The molecule has 0 radical (unpaired) electrons. The van der Waals surface area contributed by atoms with E-state index >= 15 is 0 Å². The highest BCUT2D eigenvalue weighted by molar-refractivity contribution is 5.81. The number of rotatable bonds is 4. The van der Waals surface area contributed by atoms with Gasteiger partial charge in [-0.2, -0.15) is 0 Å². The van der Waals surface area contributed by atoms with Gasteiger partial charge in [0.25, 0.3) is 0 Å². The average molecular weight is 201 g/mol. The molecule has 0 rings (SSSR count). The van der Waals surface area contributed by atoms with Gasteiger partial charge < -0.3 is 11.1 Å². The van der Waals surface area contributed by atoms with Crippen molar-refractivity contribution >= 4 is 5.91 Å². The molecule has 0 aliphatic heterocycles. The molecule has 14 heavy (non-hydrogen) atoms. The highest BCUT2D eigenvalue weighted by atomic mass is 16.2. The number of likely N-dealkylation sites (N-methyl/N-ethyl adjacent to an activating group) is 1. The number of nitrogens with two attached hydrogens (primary N) is 1. The van der Waals surface area contributed by atoms with Crippen LogP contribution in [0, 0.1) is 0 Å². The third-order valence-electron chi connectivity index (χ3n) is 2.02. The predicted octanol–water partition coefficient (Wildman–Crippen LogP) is 0.180. The first-order valence-electron chi connectivity index (χ1n) is 5.00. The van der Waals surface area contributed by atoms with Crippen molar-refractivity contribution in [3.05, 3.63) is 0 Å². The molecule has 84 valence electrons. The van der Waals surface area contributed by atoms with Crippen LogP contribution in [0.5, 0.6) is 0 Å². The highest BCUT2D eigenvalue weighted by Gasteiger charge is 2.21. The first-order valence-corrected chi connectivity index (χ1v) is 5.00. The van der Waals surface area contributed by atoms with Gasteiger partial charge in [-0.25, -0.2) is 0 Å². The van der Waals surface area contributed by atoms with Crippen molar-refractivity contribution in [3.8, 4) is 0 Å². The fourth-order valence-corrected chi connectivity index (χ4v) is 1.07. The molecule has 4 heteroatoms. The van der Waals surface area contributed by atoms with Gasteiger partial charge in [-0.1, -0.05) is 0 Å². The van der Waals surface area contributed by atoms with Crippen LogP contribution in [0.1, 0.15) is 27.7 Å². The molecule has 0 aromatic carbocycles. The number of nitrogens with one attached hydrogen (secondary N) is 1. The monoisotopic (exact) mass is 201 g/mol. The van der Waals surface area contributed by atoms with E-state index in [0.29, 0.717) is 6.54 Å². The summed E-state index contributed by atoms with van der Waals surface area (Å²) < 4.78 is 0. The number of amides is 1. The van der Waals surface area contributed by atoms with E-state index in [9.17, 15) is 4.79 Å². The van der Waals surface area contributed by atoms with Gasteiger partial charge in [-0.3, -0.25) is 9.69 Å². The molecule has 0 bridgehead atoms. The third-order valence-corrected chi connectivity index (χ3v) is 2.02. The van der Waals surface area contributed by atoms with Crippen molar-refractivity contribution in [2.24, 2.45) is 5.73 Å². The van der Waals surface area contributed by atoms with Gasteiger partial charge in [0, 0.05) is 18.6 Å². The van der Waals surface area contributed by atoms with Crippen molar-refractivity contribution in [2.75, 3.05) is 20.1 Å². The summed E-state index contributed by atoms with van der Waals surface area (Å²) in [5, 5.41) is 2.94. The second kappa shape index (κ2) is 5.32. The molecule has 1 atom stereocenters. The van der Waals surface area contributed by atoms with Crippen LogP contribution in [-0.4, -0.2) is 42.5 Å². The SMILES string of the molecule is CC(C(=O)NC(C)(C)C)N(C)CCN. The molecule has 0 saturated carbocycles. The van der Waals surface area contributed by atoms with Crippen LogP contribution in [-0.2, 0) is 4.79 Å². The zero-order chi connectivity index (χ0) is 11.4. The van der Waals surface area contributed by atoms with Gasteiger partial charge in [0.2, 0.25) is 5.91 Å². The Labute approximate surface area is 86.8 Å². The molecule has 0 heterocycles. The molecule has 1 amide bonds. The first kappa shape index (κ1) is 13.4. The standard InChI is InChI=1S/C10H23N3O/c1-8(13(5)7-6-11)9(14)12-10(2,3)4/h8H,6-7,11H2,1-5H3,(H,12,14). The molecule has 0 fully saturated rings. The van der Waals surface area contributed by atoms with Crippen LogP contribution in [0.4, 0.5) is 0 Å². The van der Waals surface area contributed by atoms with Gasteiger partial charge in [-0.05, 0) is 34.7 Å². The van der Waals surface area contributed by atoms with Crippen LogP contribution in [0.15, 0.2) is 0 Å². The zero-order valence-corrected chi connectivity index (χ0v) is 9.92. The summed E-state index contributed by atoms with van der Waals surface area (Å²) in [6, 6.07) is -0.127. The minimum atomic E-state index is -0.172. The zero-order valence-electron chi connectivity index (χ0n) is 9.92. The summed E-state index contributed by atoms with van der Waals surface area (Å²) in [6.07, 6.45) is 0. The second-order valence-corrected chi connectivity index (χ2v) is 4.68. The van der Waals surface area contributed by atoms with Crippen LogP contribution >= 0.6 is 0 Å². The van der Waals surface area contributed by atoms with E-state index in [1.54, 1.807) is 0 Å². The van der Waals surface area contributed by atoms with Gasteiger partial charge in [0.05, 0.1) is 6.04 Å². The average Bonchev–Trinajstić information content (AvgIpc) is 2.00. The second-order valence-electron chi connectivity index (χ2n) is 4.68. The molecule has 0 aromatic rings. The summed E-state index contributed by atoms with van der Waals surface area (Å²) >= 11 is 0. The summed E-state index contributed by atoms with van der Waals surface area (Å²) in [6.45, 7) is 9.11. The van der Waals surface area contributed by atoms with E-state index in [2.05, 4.69) is 5.32 Å². The topological polar surface area (TPSA) is 58.4 Å². The minimum absolute atomic E-state index is 0.0495. The Kier molecular flexibility index (Phi) is 5.08. The fraction of sp³-hybridized carbons (Fsp3) is 0.900. The molecular formula is C10H23N3O. The number of carbonyl (C=O) groups excluding carboxylic acids is 1. The Morgan fingerprint density at radius 2 is 2.00 bits per heavy atom. The number of hydrogen-bond donors (Lipinski definition) is 2. The molecule has 0 aliphatic rings.